The van der Waals surface area contributed by atoms with Gasteiger partial charge in [-0.15, -0.1) is 0 Å². The molecular formula is C22H27N3O4. The highest BCUT2D eigenvalue weighted by Crippen LogP contribution is 2.17. The zero-order valence-electron chi connectivity index (χ0n) is 17.5. The van der Waals surface area contributed by atoms with Crippen molar-refractivity contribution < 1.29 is 19.1 Å². The van der Waals surface area contributed by atoms with Gasteiger partial charge in [0.25, 0.3) is 0 Å². The molecule has 0 saturated heterocycles. The standard InChI is InChI=1S/C22H27N3O4/c1-14(2)13-28-20(26)19(25-21(27)29-22(3,4)5)11-15-6-9-18-16(10-15)7-8-17(12-23)24-18/h6-10,14,19H,11,13H2,1-5H3,(H,25,27)/t19-/m0/s1. The summed E-state index contributed by atoms with van der Waals surface area (Å²) in [5.41, 5.74) is 1.18. The number of hydrogen-bond donors (Lipinski definition) is 1. The molecule has 0 radical (unpaired) electrons. The van der Waals surface area contributed by atoms with Crippen LogP contribution in [-0.4, -0.2) is 35.3 Å². The van der Waals surface area contributed by atoms with Crippen LogP contribution in [0.1, 0.15) is 45.9 Å². The third-order valence-electron chi connectivity index (χ3n) is 3.84. The minimum absolute atomic E-state index is 0.183. The van der Waals surface area contributed by atoms with Crippen LogP contribution >= 0.6 is 0 Å². The smallest absolute Gasteiger partial charge is 0.408 e. The van der Waals surface area contributed by atoms with Crippen molar-refractivity contribution >= 4 is 23.0 Å². The van der Waals surface area contributed by atoms with Gasteiger partial charge in [-0.25, -0.2) is 14.6 Å². The fourth-order valence-electron chi connectivity index (χ4n) is 2.59. The number of nitrogens with zero attached hydrogens (tertiary/aromatic N) is 2. The molecule has 0 bridgehead atoms. The molecule has 1 heterocycles. The molecule has 29 heavy (non-hydrogen) atoms. The van der Waals surface area contributed by atoms with Crippen LogP contribution in [0.25, 0.3) is 10.9 Å². The quantitative estimate of drug-likeness (QED) is 0.745. The van der Waals surface area contributed by atoms with Crippen molar-refractivity contribution in [1.82, 2.24) is 10.3 Å². The number of carbonyl (C=O) groups is 2. The van der Waals surface area contributed by atoms with Crippen molar-refractivity contribution in [3.8, 4) is 6.07 Å². The SMILES string of the molecule is CC(C)COC(=O)[C@H](Cc1ccc2nc(C#N)ccc2c1)NC(=O)OC(C)(C)C. The van der Waals surface area contributed by atoms with E-state index < -0.39 is 23.7 Å². The van der Waals surface area contributed by atoms with Crippen molar-refractivity contribution in [2.24, 2.45) is 5.92 Å². The van der Waals surface area contributed by atoms with E-state index in [1.165, 1.54) is 0 Å². The number of nitriles is 1. The van der Waals surface area contributed by atoms with E-state index in [2.05, 4.69) is 10.3 Å². The van der Waals surface area contributed by atoms with Crippen molar-refractivity contribution in [2.75, 3.05) is 6.61 Å². The van der Waals surface area contributed by atoms with Crippen molar-refractivity contribution in [3.63, 3.8) is 0 Å². The first-order chi connectivity index (χ1) is 13.6. The van der Waals surface area contributed by atoms with Gasteiger partial charge in [0, 0.05) is 11.8 Å². The second kappa shape index (κ2) is 9.37. The average Bonchev–Trinajstić information content (AvgIpc) is 2.63. The van der Waals surface area contributed by atoms with Crippen LogP contribution in [0.3, 0.4) is 0 Å². The Kier molecular flexibility index (Phi) is 7.16. The third-order valence-corrected chi connectivity index (χ3v) is 3.84. The van der Waals surface area contributed by atoms with E-state index in [-0.39, 0.29) is 18.9 Å². The van der Waals surface area contributed by atoms with Crippen LogP contribution in [0, 0.1) is 17.2 Å². The molecule has 1 amide bonds. The molecule has 0 fully saturated rings. The molecule has 1 atom stereocenters. The summed E-state index contributed by atoms with van der Waals surface area (Å²) >= 11 is 0. The number of ether oxygens (including phenoxy) is 2. The summed E-state index contributed by atoms with van der Waals surface area (Å²) in [6.45, 7) is 9.41. The molecule has 0 aliphatic carbocycles. The first-order valence-corrected chi connectivity index (χ1v) is 9.53. The second-order valence-corrected chi connectivity index (χ2v) is 8.26. The molecular weight excluding hydrogens is 370 g/mol. The van der Waals surface area contributed by atoms with E-state index in [1.54, 1.807) is 39.0 Å². The lowest BCUT2D eigenvalue weighted by Gasteiger charge is -2.23. The topological polar surface area (TPSA) is 101 Å². The van der Waals surface area contributed by atoms with Gasteiger partial charge in [0.2, 0.25) is 0 Å². The van der Waals surface area contributed by atoms with Gasteiger partial charge in [-0.3, -0.25) is 0 Å². The number of alkyl carbamates (subject to hydrolysis) is 1. The summed E-state index contributed by atoms with van der Waals surface area (Å²) in [6.07, 6.45) is -0.434. The molecule has 0 unspecified atom stereocenters. The van der Waals surface area contributed by atoms with Crippen molar-refractivity contribution in [1.29, 1.82) is 5.26 Å². The fourth-order valence-corrected chi connectivity index (χ4v) is 2.59. The molecule has 0 saturated carbocycles. The largest absolute Gasteiger partial charge is 0.464 e. The predicted molar refractivity (Wildman–Crippen MR) is 109 cm³/mol. The highest BCUT2D eigenvalue weighted by atomic mass is 16.6. The predicted octanol–water partition coefficient (Wildman–Crippen LogP) is 3.74. The lowest BCUT2D eigenvalue weighted by atomic mass is 10.0. The number of pyridine rings is 1. The normalized spacial score (nSPS) is 12.3. The van der Waals surface area contributed by atoms with E-state index in [4.69, 9.17) is 14.7 Å². The fraction of sp³-hybridized carbons (Fsp3) is 0.455. The van der Waals surface area contributed by atoms with Gasteiger partial charge in [0.1, 0.15) is 23.4 Å². The zero-order chi connectivity index (χ0) is 21.6. The molecule has 154 valence electrons. The molecule has 1 N–H and O–H groups in total. The molecule has 7 nitrogen and oxygen atoms in total. The highest BCUT2D eigenvalue weighted by Gasteiger charge is 2.26. The van der Waals surface area contributed by atoms with Gasteiger partial charge in [0.15, 0.2) is 0 Å². The molecule has 2 aromatic rings. The van der Waals surface area contributed by atoms with Gasteiger partial charge in [-0.05, 0) is 56.5 Å². The Morgan fingerprint density at radius 3 is 2.55 bits per heavy atom. The number of benzene rings is 1. The number of rotatable bonds is 6. The summed E-state index contributed by atoms with van der Waals surface area (Å²) in [5.74, 6) is -0.329. The van der Waals surface area contributed by atoms with Crippen LogP contribution < -0.4 is 5.32 Å². The highest BCUT2D eigenvalue weighted by molar-refractivity contribution is 5.83. The Hall–Kier alpha value is -3.14. The van der Waals surface area contributed by atoms with E-state index in [0.717, 1.165) is 10.9 Å². The molecule has 0 aliphatic rings. The summed E-state index contributed by atoms with van der Waals surface area (Å²) < 4.78 is 10.6. The minimum Gasteiger partial charge on any atom is -0.464 e. The van der Waals surface area contributed by atoms with E-state index >= 15 is 0 Å². The Morgan fingerprint density at radius 1 is 1.21 bits per heavy atom. The van der Waals surface area contributed by atoms with Crippen LogP contribution in [0.15, 0.2) is 30.3 Å². The molecule has 0 spiro atoms. The number of esters is 1. The van der Waals surface area contributed by atoms with Crippen LogP contribution in [0.2, 0.25) is 0 Å². The number of hydrogen-bond acceptors (Lipinski definition) is 6. The molecule has 2 rings (SSSR count). The number of carbonyl (C=O) groups excluding carboxylic acids is 2. The van der Waals surface area contributed by atoms with Gasteiger partial charge in [-0.1, -0.05) is 19.9 Å². The Morgan fingerprint density at radius 2 is 1.93 bits per heavy atom. The minimum atomic E-state index is -0.882. The first kappa shape index (κ1) is 22.2. The lowest BCUT2D eigenvalue weighted by molar-refractivity contribution is -0.147. The van der Waals surface area contributed by atoms with Gasteiger partial charge in [-0.2, -0.15) is 5.26 Å². The van der Waals surface area contributed by atoms with Crippen LogP contribution in [-0.2, 0) is 20.7 Å². The number of amides is 1. The Balaban J connectivity index is 2.21. The monoisotopic (exact) mass is 397 g/mol. The summed E-state index contributed by atoms with van der Waals surface area (Å²) in [4.78, 5) is 29.0. The van der Waals surface area contributed by atoms with Crippen molar-refractivity contribution in [2.45, 2.75) is 52.7 Å². The van der Waals surface area contributed by atoms with Crippen LogP contribution in [0.4, 0.5) is 4.79 Å². The maximum Gasteiger partial charge on any atom is 0.408 e. The van der Waals surface area contributed by atoms with E-state index in [1.807, 2.05) is 32.0 Å². The Bertz CT molecular complexity index is 926. The Labute approximate surface area is 171 Å². The average molecular weight is 397 g/mol. The number of aromatic nitrogens is 1. The maximum atomic E-state index is 12.6. The summed E-state index contributed by atoms with van der Waals surface area (Å²) in [5, 5.41) is 12.4. The van der Waals surface area contributed by atoms with Gasteiger partial charge in [0.05, 0.1) is 12.1 Å². The molecule has 0 aliphatic heterocycles. The lowest BCUT2D eigenvalue weighted by Crippen LogP contribution is -2.45. The number of fused-ring (bicyclic) bond motifs is 1. The van der Waals surface area contributed by atoms with Crippen molar-refractivity contribution in [3.05, 3.63) is 41.6 Å². The summed E-state index contributed by atoms with van der Waals surface area (Å²) in [7, 11) is 0. The second-order valence-electron chi connectivity index (χ2n) is 8.26. The van der Waals surface area contributed by atoms with Gasteiger partial charge >= 0.3 is 12.1 Å². The summed E-state index contributed by atoms with van der Waals surface area (Å²) in [6, 6.07) is 10.1. The molecule has 1 aromatic heterocycles. The first-order valence-electron chi connectivity index (χ1n) is 9.53. The van der Waals surface area contributed by atoms with E-state index in [0.29, 0.717) is 11.2 Å². The van der Waals surface area contributed by atoms with E-state index in [9.17, 15) is 9.59 Å². The molecule has 1 aromatic carbocycles. The third kappa shape index (κ3) is 7.07. The molecule has 7 heteroatoms. The number of nitrogens with one attached hydrogen (secondary N) is 1. The van der Waals surface area contributed by atoms with Gasteiger partial charge < -0.3 is 14.8 Å². The zero-order valence-corrected chi connectivity index (χ0v) is 17.5. The van der Waals surface area contributed by atoms with Crippen LogP contribution in [0.5, 0.6) is 0 Å². The maximum absolute atomic E-state index is 12.6.